The van der Waals surface area contributed by atoms with Crippen molar-refractivity contribution in [2.75, 3.05) is 6.61 Å². The van der Waals surface area contributed by atoms with E-state index in [1.165, 1.54) is 17.3 Å². The van der Waals surface area contributed by atoms with Gasteiger partial charge in [0, 0.05) is 13.5 Å². The molecule has 33 heavy (non-hydrogen) atoms. The van der Waals surface area contributed by atoms with Gasteiger partial charge in [-0.3, -0.25) is 4.79 Å². The molecule has 0 aliphatic carbocycles. The van der Waals surface area contributed by atoms with Crippen molar-refractivity contribution in [2.24, 2.45) is 0 Å². The first-order chi connectivity index (χ1) is 15.6. The SMILES string of the molecule is CC(=O)O[C@@H](CCCCO[Si](c1ccccc1)(c1ccccc1)C(C)(C)C)[C@H](Br)C=C(Br)Br. The van der Waals surface area contributed by atoms with E-state index in [0.717, 1.165) is 22.7 Å². The van der Waals surface area contributed by atoms with Crippen LogP contribution in [0.3, 0.4) is 0 Å². The molecule has 180 valence electrons. The maximum atomic E-state index is 11.6. The number of benzene rings is 2. The maximum Gasteiger partial charge on any atom is 0.302 e. The molecule has 3 nitrogen and oxygen atoms in total. The van der Waals surface area contributed by atoms with Gasteiger partial charge >= 0.3 is 5.97 Å². The summed E-state index contributed by atoms with van der Waals surface area (Å²) >= 11 is 10.4. The molecule has 0 saturated carbocycles. The monoisotopic (exact) mass is 658 g/mol. The standard InChI is InChI=1S/C26H33Br3O3Si/c1-20(30)32-24(23(27)19-25(28)29)17-11-12-18-31-33(26(2,3)4,21-13-7-5-8-14-21)22-15-9-6-10-16-22/h5-10,13-16,19,23-24H,11-12,17-18H2,1-4H3/t23-,24+/m1/s1. The second-order valence-corrected chi connectivity index (χ2v) is 17.2. The van der Waals surface area contributed by atoms with Gasteiger partial charge in [0.2, 0.25) is 0 Å². The van der Waals surface area contributed by atoms with Crippen LogP contribution < -0.4 is 10.4 Å². The zero-order valence-corrected chi connectivity index (χ0v) is 25.5. The first-order valence-electron chi connectivity index (χ1n) is 11.2. The van der Waals surface area contributed by atoms with Crippen molar-refractivity contribution in [3.8, 4) is 0 Å². The van der Waals surface area contributed by atoms with Crippen molar-refractivity contribution in [3.05, 3.63) is 70.1 Å². The summed E-state index contributed by atoms with van der Waals surface area (Å²) in [6, 6.07) is 21.4. The van der Waals surface area contributed by atoms with Gasteiger partial charge in [0.05, 0.1) is 8.22 Å². The van der Waals surface area contributed by atoms with E-state index in [-0.39, 0.29) is 21.9 Å². The molecule has 0 aliphatic heterocycles. The zero-order valence-electron chi connectivity index (χ0n) is 19.7. The van der Waals surface area contributed by atoms with Crippen LogP contribution in [0.15, 0.2) is 70.1 Å². The lowest BCUT2D eigenvalue weighted by Gasteiger charge is -2.43. The summed E-state index contributed by atoms with van der Waals surface area (Å²) in [5, 5.41) is 2.54. The van der Waals surface area contributed by atoms with Crippen LogP contribution in [0, 0.1) is 0 Å². The Labute approximate surface area is 224 Å². The second kappa shape index (κ2) is 13.4. The summed E-state index contributed by atoms with van der Waals surface area (Å²) in [6.07, 6.45) is 4.24. The molecule has 2 atom stereocenters. The molecular formula is C26H33Br3O3Si. The third-order valence-corrected chi connectivity index (χ3v) is 12.0. The number of hydrogen-bond acceptors (Lipinski definition) is 3. The van der Waals surface area contributed by atoms with Gasteiger partial charge in [-0.1, -0.05) is 97.4 Å². The average molecular weight is 661 g/mol. The van der Waals surface area contributed by atoms with Crippen LogP contribution in [0.25, 0.3) is 0 Å². The fourth-order valence-electron chi connectivity index (χ4n) is 4.16. The molecule has 0 unspecified atom stereocenters. The summed E-state index contributed by atoms with van der Waals surface area (Å²) in [5.41, 5.74) is 0. The smallest absolute Gasteiger partial charge is 0.302 e. The Morgan fingerprint density at radius 3 is 1.91 bits per heavy atom. The largest absolute Gasteiger partial charge is 0.461 e. The van der Waals surface area contributed by atoms with Crippen molar-refractivity contribution in [3.63, 3.8) is 0 Å². The quantitative estimate of drug-likeness (QED) is 0.112. The van der Waals surface area contributed by atoms with Gasteiger partial charge in [0.25, 0.3) is 8.32 Å². The Balaban J connectivity index is 2.17. The van der Waals surface area contributed by atoms with Gasteiger partial charge < -0.3 is 9.16 Å². The third kappa shape index (κ3) is 8.17. The summed E-state index contributed by atoms with van der Waals surface area (Å²) in [4.78, 5) is 11.5. The summed E-state index contributed by atoms with van der Waals surface area (Å²) in [5.74, 6) is -0.271. The highest BCUT2D eigenvalue weighted by Crippen LogP contribution is 2.37. The Hall–Kier alpha value is -0.733. The van der Waals surface area contributed by atoms with Gasteiger partial charge in [-0.25, -0.2) is 0 Å². The second-order valence-electron chi connectivity index (χ2n) is 9.06. The highest BCUT2D eigenvalue weighted by Gasteiger charge is 2.49. The number of unbranched alkanes of at least 4 members (excludes halogenated alkanes) is 1. The minimum atomic E-state index is -2.51. The molecule has 7 heteroatoms. The molecule has 2 rings (SSSR count). The fourth-order valence-corrected chi connectivity index (χ4v) is 10.7. The van der Waals surface area contributed by atoms with Crippen molar-refractivity contribution in [2.45, 2.75) is 62.9 Å². The van der Waals surface area contributed by atoms with E-state index in [9.17, 15) is 4.79 Å². The summed E-state index contributed by atoms with van der Waals surface area (Å²) in [7, 11) is -2.51. The molecule has 0 heterocycles. The van der Waals surface area contributed by atoms with E-state index in [2.05, 4.69) is 129 Å². The van der Waals surface area contributed by atoms with Gasteiger partial charge in [-0.05, 0) is 72.6 Å². The van der Waals surface area contributed by atoms with Crippen LogP contribution in [-0.4, -0.2) is 31.8 Å². The van der Waals surface area contributed by atoms with Crippen molar-refractivity contribution < 1.29 is 14.0 Å². The Kier molecular flexibility index (Phi) is 11.6. The maximum absolute atomic E-state index is 11.6. The molecule has 2 aromatic carbocycles. The number of rotatable bonds is 11. The lowest BCUT2D eigenvalue weighted by atomic mass is 10.1. The van der Waals surface area contributed by atoms with E-state index >= 15 is 0 Å². The van der Waals surface area contributed by atoms with Gasteiger partial charge in [-0.15, -0.1) is 0 Å². The first-order valence-corrected chi connectivity index (χ1v) is 15.6. The molecule has 0 bridgehead atoms. The minimum absolute atomic E-state index is 0.0378. The van der Waals surface area contributed by atoms with E-state index < -0.39 is 8.32 Å². The molecule has 0 saturated heterocycles. The van der Waals surface area contributed by atoms with Crippen LogP contribution in [0.2, 0.25) is 5.04 Å². The predicted octanol–water partition coefficient (Wildman–Crippen LogP) is 7.06. The van der Waals surface area contributed by atoms with E-state index in [0.29, 0.717) is 6.61 Å². The van der Waals surface area contributed by atoms with E-state index in [1.807, 2.05) is 6.08 Å². The average Bonchev–Trinajstić information content (AvgIpc) is 2.75. The predicted molar refractivity (Wildman–Crippen MR) is 152 cm³/mol. The number of carbonyl (C=O) groups excluding carboxylic acids is 1. The van der Waals surface area contributed by atoms with Gasteiger partial charge in [0.1, 0.15) is 6.10 Å². The van der Waals surface area contributed by atoms with Gasteiger partial charge in [0.15, 0.2) is 0 Å². The Bertz CT molecular complexity index is 855. The number of halogens is 3. The topological polar surface area (TPSA) is 35.5 Å². The summed E-state index contributed by atoms with van der Waals surface area (Å²) < 4.78 is 13.3. The normalized spacial score (nSPS) is 13.8. The Morgan fingerprint density at radius 2 is 1.48 bits per heavy atom. The molecule has 0 radical (unpaired) electrons. The number of hydrogen-bond donors (Lipinski definition) is 0. The minimum Gasteiger partial charge on any atom is -0.461 e. The molecule has 0 amide bonds. The number of esters is 1. The highest BCUT2D eigenvalue weighted by atomic mass is 79.9. The number of alkyl halides is 1. The third-order valence-electron chi connectivity index (χ3n) is 5.58. The molecule has 0 fully saturated rings. The molecule has 0 aliphatic rings. The van der Waals surface area contributed by atoms with Crippen molar-refractivity contribution in [1.82, 2.24) is 0 Å². The van der Waals surface area contributed by atoms with E-state index in [4.69, 9.17) is 9.16 Å². The molecule has 0 N–H and O–H groups in total. The first kappa shape index (κ1) is 28.5. The van der Waals surface area contributed by atoms with Crippen LogP contribution in [0.4, 0.5) is 0 Å². The lowest BCUT2D eigenvalue weighted by molar-refractivity contribution is -0.146. The van der Waals surface area contributed by atoms with Crippen LogP contribution in [0.1, 0.15) is 47.0 Å². The van der Waals surface area contributed by atoms with Crippen LogP contribution in [0.5, 0.6) is 0 Å². The van der Waals surface area contributed by atoms with Crippen LogP contribution in [-0.2, 0) is 14.0 Å². The number of ether oxygens (including phenoxy) is 1. The molecule has 2 aromatic rings. The molecule has 0 spiro atoms. The summed E-state index contributed by atoms with van der Waals surface area (Å²) in [6.45, 7) is 8.97. The fraction of sp³-hybridized carbons (Fsp3) is 0.423. The molecule has 0 aromatic heterocycles. The Morgan fingerprint density at radius 1 is 0.970 bits per heavy atom. The van der Waals surface area contributed by atoms with E-state index in [1.54, 1.807) is 0 Å². The van der Waals surface area contributed by atoms with Crippen LogP contribution >= 0.6 is 47.8 Å². The van der Waals surface area contributed by atoms with Gasteiger partial charge in [-0.2, -0.15) is 0 Å². The van der Waals surface area contributed by atoms with Crippen molar-refractivity contribution >= 4 is 72.4 Å². The highest BCUT2D eigenvalue weighted by molar-refractivity contribution is 9.28. The zero-order chi connectivity index (χ0) is 24.5. The van der Waals surface area contributed by atoms with Crippen molar-refractivity contribution in [1.29, 1.82) is 0 Å². The lowest BCUT2D eigenvalue weighted by Crippen LogP contribution is -2.66. The number of carbonyl (C=O) groups is 1. The molecular weight excluding hydrogens is 628 g/mol.